The molecule has 6 nitrogen and oxygen atoms in total. The summed E-state index contributed by atoms with van der Waals surface area (Å²) >= 11 is 1.74. The van der Waals surface area contributed by atoms with E-state index in [4.69, 9.17) is 0 Å². The van der Waals surface area contributed by atoms with Gasteiger partial charge in [-0.3, -0.25) is 0 Å². The highest BCUT2D eigenvalue weighted by atomic mass is 32.1. The van der Waals surface area contributed by atoms with Gasteiger partial charge in [0.05, 0.1) is 11.9 Å². The summed E-state index contributed by atoms with van der Waals surface area (Å²) in [4.78, 5) is 15.9. The number of hydrogen-bond acceptors (Lipinski definition) is 6. The van der Waals surface area contributed by atoms with Gasteiger partial charge in [0.25, 0.3) is 0 Å². The summed E-state index contributed by atoms with van der Waals surface area (Å²) in [5.74, 6) is 2.84. The molecule has 22 heavy (non-hydrogen) atoms. The minimum atomic E-state index is 0.325. The summed E-state index contributed by atoms with van der Waals surface area (Å²) in [5.41, 5.74) is 1.28. The van der Waals surface area contributed by atoms with Crippen LogP contribution in [-0.4, -0.2) is 30.8 Å². The summed E-state index contributed by atoms with van der Waals surface area (Å²) in [5, 5.41) is 9.07. The van der Waals surface area contributed by atoms with Crippen molar-refractivity contribution in [2.75, 3.05) is 5.32 Å². The maximum atomic E-state index is 4.65. The Balaban J connectivity index is 1.70. The second-order valence-electron chi connectivity index (χ2n) is 5.82. The first-order chi connectivity index (χ1) is 10.6. The van der Waals surface area contributed by atoms with Crippen LogP contribution in [0, 0.1) is 20.8 Å². The van der Waals surface area contributed by atoms with Crippen LogP contribution in [-0.2, 0) is 13.0 Å². The molecule has 3 aromatic heterocycles. The topological polar surface area (TPSA) is 68.5 Å². The summed E-state index contributed by atoms with van der Waals surface area (Å²) in [6.07, 6.45) is 3.63. The van der Waals surface area contributed by atoms with Gasteiger partial charge in [0.15, 0.2) is 0 Å². The van der Waals surface area contributed by atoms with E-state index in [1.807, 2.05) is 11.6 Å². The van der Waals surface area contributed by atoms with E-state index in [1.54, 1.807) is 17.7 Å². The summed E-state index contributed by atoms with van der Waals surface area (Å²) < 4.78 is 1.98. The third-order valence-electron chi connectivity index (χ3n) is 4.29. The molecule has 7 heteroatoms. The predicted molar refractivity (Wildman–Crippen MR) is 87.4 cm³/mol. The smallest absolute Gasteiger partial charge is 0.139 e. The molecule has 0 saturated heterocycles. The summed E-state index contributed by atoms with van der Waals surface area (Å²) in [7, 11) is 0. The molecule has 0 aliphatic carbocycles. The monoisotopic (exact) mass is 314 g/mol. The number of anilines is 1. The van der Waals surface area contributed by atoms with E-state index in [2.05, 4.69) is 39.2 Å². The van der Waals surface area contributed by atoms with Crippen molar-refractivity contribution in [3.05, 3.63) is 28.4 Å². The highest BCUT2D eigenvalue weighted by molar-refractivity contribution is 7.18. The number of hydrogen-bond donors (Lipinski definition) is 1. The van der Waals surface area contributed by atoms with Crippen molar-refractivity contribution < 1.29 is 0 Å². The Kier molecular flexibility index (Phi) is 3.11. The van der Waals surface area contributed by atoms with Gasteiger partial charge in [-0.25, -0.2) is 19.6 Å². The number of rotatable bonds is 2. The van der Waals surface area contributed by atoms with Crippen LogP contribution in [0.2, 0.25) is 0 Å². The fourth-order valence-corrected chi connectivity index (χ4v) is 4.08. The first kappa shape index (κ1) is 13.6. The van der Waals surface area contributed by atoms with Crippen molar-refractivity contribution in [1.29, 1.82) is 0 Å². The molecule has 0 unspecified atom stereocenters. The first-order valence-corrected chi connectivity index (χ1v) is 8.31. The second kappa shape index (κ2) is 5.01. The fourth-order valence-electron chi connectivity index (χ4n) is 3.01. The van der Waals surface area contributed by atoms with E-state index in [0.29, 0.717) is 6.04 Å². The Hall–Kier alpha value is -2.02. The van der Waals surface area contributed by atoms with Crippen molar-refractivity contribution in [2.24, 2.45) is 0 Å². The van der Waals surface area contributed by atoms with E-state index in [0.717, 1.165) is 47.1 Å². The van der Waals surface area contributed by atoms with Gasteiger partial charge in [-0.2, -0.15) is 5.10 Å². The van der Waals surface area contributed by atoms with Gasteiger partial charge in [-0.15, -0.1) is 11.3 Å². The zero-order chi connectivity index (χ0) is 15.3. The quantitative estimate of drug-likeness (QED) is 0.787. The lowest BCUT2D eigenvalue weighted by atomic mass is 10.1. The molecule has 1 N–H and O–H groups in total. The van der Waals surface area contributed by atoms with Crippen molar-refractivity contribution in [1.82, 2.24) is 24.7 Å². The van der Waals surface area contributed by atoms with Gasteiger partial charge >= 0.3 is 0 Å². The normalized spacial score (nSPS) is 17.7. The van der Waals surface area contributed by atoms with Crippen LogP contribution in [0.4, 0.5) is 5.82 Å². The molecular formula is C15H18N6S. The molecule has 0 saturated carbocycles. The van der Waals surface area contributed by atoms with Crippen LogP contribution in [0.3, 0.4) is 0 Å². The van der Waals surface area contributed by atoms with Crippen LogP contribution >= 0.6 is 11.3 Å². The highest BCUT2D eigenvalue weighted by Gasteiger charge is 2.22. The number of thiophene rings is 1. The average Bonchev–Trinajstić information content (AvgIpc) is 3.03. The molecule has 0 amide bonds. The van der Waals surface area contributed by atoms with Gasteiger partial charge in [0.1, 0.15) is 28.6 Å². The van der Waals surface area contributed by atoms with Gasteiger partial charge < -0.3 is 5.32 Å². The van der Waals surface area contributed by atoms with Crippen LogP contribution < -0.4 is 5.32 Å². The minimum Gasteiger partial charge on any atom is -0.365 e. The molecule has 4 rings (SSSR count). The maximum absolute atomic E-state index is 4.65. The molecule has 0 spiro atoms. The Morgan fingerprint density at radius 2 is 2.14 bits per heavy atom. The fraction of sp³-hybridized carbons (Fsp3) is 0.467. The van der Waals surface area contributed by atoms with Gasteiger partial charge in [-0.1, -0.05) is 0 Å². The van der Waals surface area contributed by atoms with Crippen LogP contribution in [0.1, 0.15) is 28.5 Å². The molecule has 1 aliphatic heterocycles. The Bertz CT molecular complexity index is 849. The van der Waals surface area contributed by atoms with Crippen LogP contribution in [0.25, 0.3) is 10.2 Å². The molecule has 1 aliphatic rings. The van der Waals surface area contributed by atoms with E-state index < -0.39 is 0 Å². The summed E-state index contributed by atoms with van der Waals surface area (Å²) in [6, 6.07) is 0.325. The van der Waals surface area contributed by atoms with E-state index in [-0.39, 0.29) is 0 Å². The highest BCUT2D eigenvalue weighted by Crippen LogP contribution is 2.33. The molecule has 4 heterocycles. The summed E-state index contributed by atoms with van der Waals surface area (Å²) in [6.45, 7) is 7.07. The maximum Gasteiger partial charge on any atom is 0.139 e. The Morgan fingerprint density at radius 3 is 3.00 bits per heavy atom. The lowest BCUT2D eigenvalue weighted by Gasteiger charge is -2.24. The van der Waals surface area contributed by atoms with Crippen LogP contribution in [0.15, 0.2) is 6.33 Å². The molecule has 3 aromatic rings. The lowest BCUT2D eigenvalue weighted by molar-refractivity contribution is 0.441. The third kappa shape index (κ3) is 2.16. The second-order valence-corrected chi connectivity index (χ2v) is 7.02. The van der Waals surface area contributed by atoms with Gasteiger partial charge in [-0.05, 0) is 32.8 Å². The standard InChI is InChI=1S/C15H18N6S/c1-8-9(2)22-15-13(8)14(18-10(3)19-15)20-11-4-5-12-16-7-17-21(12)6-11/h7,11H,4-6H2,1-3H3,(H,18,19,20)/t11-/m1/s1. The Morgan fingerprint density at radius 1 is 1.27 bits per heavy atom. The molecular weight excluding hydrogens is 296 g/mol. The van der Waals surface area contributed by atoms with E-state index in [9.17, 15) is 0 Å². The van der Waals surface area contributed by atoms with Gasteiger partial charge in [0.2, 0.25) is 0 Å². The lowest BCUT2D eigenvalue weighted by Crippen LogP contribution is -2.32. The van der Waals surface area contributed by atoms with E-state index >= 15 is 0 Å². The number of aryl methyl sites for hydroxylation is 4. The molecule has 1 atom stereocenters. The van der Waals surface area contributed by atoms with Crippen molar-refractivity contribution in [3.8, 4) is 0 Å². The zero-order valence-corrected chi connectivity index (χ0v) is 13.7. The van der Waals surface area contributed by atoms with Crippen molar-refractivity contribution in [2.45, 2.75) is 46.2 Å². The molecule has 114 valence electrons. The van der Waals surface area contributed by atoms with Crippen molar-refractivity contribution >= 4 is 27.4 Å². The first-order valence-electron chi connectivity index (χ1n) is 7.49. The van der Waals surface area contributed by atoms with Gasteiger partial charge in [0, 0.05) is 17.3 Å². The molecule has 0 fully saturated rings. The predicted octanol–water partition coefficient (Wildman–Crippen LogP) is 2.63. The minimum absolute atomic E-state index is 0.325. The number of nitrogens with one attached hydrogen (secondary N) is 1. The molecule has 0 aromatic carbocycles. The molecule has 0 radical (unpaired) electrons. The van der Waals surface area contributed by atoms with E-state index in [1.165, 1.54) is 10.4 Å². The third-order valence-corrected chi connectivity index (χ3v) is 5.39. The van der Waals surface area contributed by atoms with Crippen molar-refractivity contribution in [3.63, 3.8) is 0 Å². The average molecular weight is 314 g/mol. The number of fused-ring (bicyclic) bond motifs is 2. The number of nitrogens with zero attached hydrogens (tertiary/aromatic N) is 5. The zero-order valence-electron chi connectivity index (χ0n) is 12.9. The SMILES string of the molecule is Cc1nc(N[C@@H]2CCc3ncnn3C2)c2c(C)c(C)sc2n1. The molecule has 0 bridgehead atoms. The largest absolute Gasteiger partial charge is 0.365 e. The number of aromatic nitrogens is 5. The Labute approximate surface area is 132 Å². The van der Waals surface area contributed by atoms with Crippen LogP contribution in [0.5, 0.6) is 0 Å².